The van der Waals surface area contributed by atoms with Crippen molar-refractivity contribution >= 4 is 17.5 Å². The van der Waals surface area contributed by atoms with E-state index in [1.165, 1.54) is 0 Å². The highest BCUT2D eigenvalue weighted by Gasteiger charge is 2.43. The summed E-state index contributed by atoms with van der Waals surface area (Å²) in [6.07, 6.45) is 1.86. The first-order valence-corrected chi connectivity index (χ1v) is 5.84. The van der Waals surface area contributed by atoms with E-state index < -0.39 is 0 Å². The average Bonchev–Trinajstić information content (AvgIpc) is 2.60. The van der Waals surface area contributed by atoms with Gasteiger partial charge in [0.2, 0.25) is 5.91 Å². The molecule has 2 rings (SSSR count). The molecule has 2 atom stereocenters. The number of carbonyl (C=O) groups excluding carboxylic acids is 1. The molecule has 0 aromatic rings. The Kier molecular flexibility index (Phi) is 3.19. The van der Waals surface area contributed by atoms with Crippen LogP contribution >= 0.6 is 11.6 Å². The summed E-state index contributed by atoms with van der Waals surface area (Å²) in [7, 11) is 0. The van der Waals surface area contributed by atoms with E-state index in [1.807, 2.05) is 0 Å². The molecular weight excluding hydrogens is 218 g/mol. The van der Waals surface area contributed by atoms with Crippen LogP contribution in [0, 0.1) is 0 Å². The molecule has 1 spiro atoms. The molecule has 2 fully saturated rings. The summed E-state index contributed by atoms with van der Waals surface area (Å²) in [6.45, 7) is 1.86. The third-order valence-corrected chi connectivity index (χ3v) is 3.48. The molecule has 4 nitrogen and oxygen atoms in total. The lowest BCUT2D eigenvalue weighted by atomic mass is 9.91. The predicted molar refractivity (Wildman–Crippen MR) is 55.8 cm³/mol. The number of nitrogens with zero attached hydrogens (tertiary/aromatic N) is 1. The zero-order valence-electron chi connectivity index (χ0n) is 8.62. The van der Waals surface area contributed by atoms with Crippen LogP contribution in [0.5, 0.6) is 0 Å². The Balaban J connectivity index is 1.98. The summed E-state index contributed by atoms with van der Waals surface area (Å²) < 4.78 is 5.72. The van der Waals surface area contributed by atoms with Crippen LogP contribution < -0.4 is 0 Å². The van der Waals surface area contributed by atoms with Gasteiger partial charge in [0.15, 0.2) is 0 Å². The maximum Gasteiger partial charge on any atom is 0.237 e. The van der Waals surface area contributed by atoms with Gasteiger partial charge in [-0.05, 0) is 12.8 Å². The van der Waals surface area contributed by atoms with Crippen molar-refractivity contribution in [2.24, 2.45) is 0 Å². The number of amides is 1. The van der Waals surface area contributed by atoms with Crippen molar-refractivity contribution in [3.63, 3.8) is 0 Å². The quantitative estimate of drug-likeness (QED) is 0.666. The highest BCUT2D eigenvalue weighted by atomic mass is 35.5. The van der Waals surface area contributed by atoms with E-state index in [4.69, 9.17) is 16.3 Å². The lowest BCUT2D eigenvalue weighted by Crippen LogP contribution is -2.45. The van der Waals surface area contributed by atoms with Crippen LogP contribution in [0.15, 0.2) is 0 Å². The summed E-state index contributed by atoms with van der Waals surface area (Å²) in [6, 6.07) is 0. The highest BCUT2D eigenvalue weighted by molar-refractivity contribution is 6.27. The lowest BCUT2D eigenvalue weighted by molar-refractivity contribution is -0.133. The molecule has 2 saturated heterocycles. The Morgan fingerprint density at radius 3 is 3.13 bits per heavy atom. The minimum atomic E-state index is -0.306. The van der Waals surface area contributed by atoms with Crippen molar-refractivity contribution in [3.05, 3.63) is 0 Å². The number of rotatable bonds is 1. The zero-order chi connectivity index (χ0) is 10.9. The van der Waals surface area contributed by atoms with E-state index in [0.717, 1.165) is 6.42 Å². The van der Waals surface area contributed by atoms with Crippen LogP contribution in [-0.2, 0) is 9.53 Å². The van der Waals surface area contributed by atoms with E-state index in [0.29, 0.717) is 32.5 Å². The minimum Gasteiger partial charge on any atom is -0.393 e. The van der Waals surface area contributed by atoms with Crippen LogP contribution in [0.4, 0.5) is 0 Å². The van der Waals surface area contributed by atoms with Gasteiger partial charge < -0.3 is 14.7 Å². The monoisotopic (exact) mass is 233 g/mol. The second kappa shape index (κ2) is 4.28. The molecule has 5 heteroatoms. The molecule has 2 aliphatic rings. The summed E-state index contributed by atoms with van der Waals surface area (Å²) in [5, 5.41) is 9.61. The Morgan fingerprint density at radius 1 is 1.67 bits per heavy atom. The standard InChI is InChI=1S/C10H16ClNO3/c11-6-9(14)12-3-2-10(7-12)5-8(13)1-4-15-10/h8,13H,1-7H2. The summed E-state index contributed by atoms with van der Waals surface area (Å²) >= 11 is 5.51. The first kappa shape index (κ1) is 11.2. The van der Waals surface area contributed by atoms with Crippen LogP contribution in [0.1, 0.15) is 19.3 Å². The number of hydrogen-bond acceptors (Lipinski definition) is 3. The van der Waals surface area contributed by atoms with E-state index in [2.05, 4.69) is 0 Å². The van der Waals surface area contributed by atoms with Crippen LogP contribution in [0.25, 0.3) is 0 Å². The van der Waals surface area contributed by atoms with Crippen molar-refractivity contribution in [1.29, 1.82) is 0 Å². The van der Waals surface area contributed by atoms with Crippen molar-refractivity contribution in [3.8, 4) is 0 Å². The maximum absolute atomic E-state index is 11.4. The number of alkyl halides is 1. The van der Waals surface area contributed by atoms with Crippen LogP contribution in [0.3, 0.4) is 0 Å². The number of aliphatic hydroxyl groups is 1. The lowest BCUT2D eigenvalue weighted by Gasteiger charge is -2.36. The Morgan fingerprint density at radius 2 is 2.47 bits per heavy atom. The van der Waals surface area contributed by atoms with Crippen molar-refractivity contribution in [1.82, 2.24) is 4.90 Å². The summed E-state index contributed by atoms with van der Waals surface area (Å²) in [4.78, 5) is 13.1. The number of hydrogen-bond donors (Lipinski definition) is 1. The molecule has 2 heterocycles. The smallest absolute Gasteiger partial charge is 0.237 e. The molecule has 2 aliphatic heterocycles. The van der Waals surface area contributed by atoms with E-state index in [9.17, 15) is 9.90 Å². The fourth-order valence-electron chi connectivity index (χ4n) is 2.43. The first-order chi connectivity index (χ1) is 7.15. The highest BCUT2D eigenvalue weighted by Crippen LogP contribution is 2.34. The molecule has 1 N–H and O–H groups in total. The number of carbonyl (C=O) groups is 1. The predicted octanol–water partition coefficient (Wildman–Crippen LogP) is 0.368. The molecular formula is C10H16ClNO3. The maximum atomic E-state index is 11.4. The van der Waals surface area contributed by atoms with Crippen molar-refractivity contribution in [2.45, 2.75) is 31.0 Å². The normalized spacial score (nSPS) is 36.1. The second-order valence-corrected chi connectivity index (χ2v) is 4.64. The van der Waals surface area contributed by atoms with Crippen LogP contribution in [-0.4, -0.2) is 53.2 Å². The number of ether oxygens (including phenoxy) is 1. The van der Waals surface area contributed by atoms with Gasteiger partial charge in [0.05, 0.1) is 11.7 Å². The van der Waals surface area contributed by atoms with E-state index in [-0.39, 0.29) is 23.5 Å². The Labute approximate surface area is 94.1 Å². The Hall–Kier alpha value is -0.320. The Bertz CT molecular complexity index is 261. The van der Waals surface area contributed by atoms with E-state index >= 15 is 0 Å². The van der Waals surface area contributed by atoms with Crippen LogP contribution in [0.2, 0.25) is 0 Å². The number of halogens is 1. The van der Waals surface area contributed by atoms with E-state index in [1.54, 1.807) is 4.90 Å². The molecule has 0 saturated carbocycles. The van der Waals surface area contributed by atoms with Gasteiger partial charge in [0.25, 0.3) is 0 Å². The molecule has 0 aliphatic carbocycles. The third-order valence-electron chi connectivity index (χ3n) is 3.25. The number of likely N-dealkylation sites (tertiary alicyclic amines) is 1. The molecule has 0 aromatic heterocycles. The zero-order valence-corrected chi connectivity index (χ0v) is 9.37. The second-order valence-electron chi connectivity index (χ2n) is 4.38. The van der Waals surface area contributed by atoms with Gasteiger partial charge in [0, 0.05) is 26.1 Å². The molecule has 1 amide bonds. The van der Waals surface area contributed by atoms with Gasteiger partial charge in [-0.3, -0.25) is 4.79 Å². The van der Waals surface area contributed by atoms with Gasteiger partial charge in [-0.25, -0.2) is 0 Å². The minimum absolute atomic E-state index is 0.0264. The van der Waals surface area contributed by atoms with Crippen molar-refractivity contribution in [2.75, 3.05) is 25.6 Å². The fourth-order valence-corrected chi connectivity index (χ4v) is 2.60. The molecule has 2 unspecified atom stereocenters. The third kappa shape index (κ3) is 2.27. The fraction of sp³-hybridized carbons (Fsp3) is 0.900. The first-order valence-electron chi connectivity index (χ1n) is 5.31. The molecule has 86 valence electrons. The largest absolute Gasteiger partial charge is 0.393 e. The number of aliphatic hydroxyl groups excluding tert-OH is 1. The molecule has 0 aromatic carbocycles. The molecule has 0 radical (unpaired) electrons. The summed E-state index contributed by atoms with van der Waals surface area (Å²) in [5.74, 6) is -0.0178. The van der Waals surface area contributed by atoms with Gasteiger partial charge in [-0.1, -0.05) is 0 Å². The van der Waals surface area contributed by atoms with Gasteiger partial charge in [0.1, 0.15) is 5.88 Å². The molecule has 0 bridgehead atoms. The molecule has 15 heavy (non-hydrogen) atoms. The topological polar surface area (TPSA) is 49.8 Å². The van der Waals surface area contributed by atoms with Gasteiger partial charge in [-0.15, -0.1) is 11.6 Å². The average molecular weight is 234 g/mol. The SMILES string of the molecule is O=C(CCl)N1CCC2(CC(O)CCO2)C1. The van der Waals surface area contributed by atoms with Gasteiger partial charge >= 0.3 is 0 Å². The summed E-state index contributed by atoms with van der Waals surface area (Å²) in [5.41, 5.74) is -0.306. The van der Waals surface area contributed by atoms with Gasteiger partial charge in [-0.2, -0.15) is 0 Å². The van der Waals surface area contributed by atoms with Crippen molar-refractivity contribution < 1.29 is 14.6 Å².